The molecule has 0 amide bonds. The molecule has 2 rings (SSSR count). The van der Waals surface area contributed by atoms with Crippen molar-refractivity contribution in [3.05, 3.63) is 53.9 Å². The van der Waals surface area contributed by atoms with E-state index in [-0.39, 0.29) is 6.04 Å². The van der Waals surface area contributed by atoms with Crippen LogP contribution in [0.4, 0.5) is 0 Å². The summed E-state index contributed by atoms with van der Waals surface area (Å²) in [6.45, 7) is 4.23. The maximum absolute atomic E-state index is 6.02. The van der Waals surface area contributed by atoms with Crippen molar-refractivity contribution >= 4 is 0 Å². The molecule has 0 saturated heterocycles. The summed E-state index contributed by atoms with van der Waals surface area (Å²) in [7, 11) is 0. The molecule has 90 valence electrons. The Morgan fingerprint density at radius 1 is 1.18 bits per heavy atom. The number of hydrogen-bond donors (Lipinski definition) is 1. The predicted molar refractivity (Wildman–Crippen MR) is 72.5 cm³/mol. The van der Waals surface area contributed by atoms with Crippen LogP contribution in [0.1, 0.15) is 24.6 Å². The van der Waals surface area contributed by atoms with Gasteiger partial charge in [0.15, 0.2) is 0 Å². The molecule has 2 nitrogen and oxygen atoms in total. The predicted octanol–water partition coefficient (Wildman–Crippen LogP) is 3.07. The Bertz CT molecular complexity index is 468. The van der Waals surface area contributed by atoms with Crippen molar-refractivity contribution in [3.63, 3.8) is 0 Å². The van der Waals surface area contributed by atoms with Gasteiger partial charge in [-0.3, -0.25) is 0 Å². The highest BCUT2D eigenvalue weighted by Crippen LogP contribution is 2.15. The second kappa shape index (κ2) is 5.19. The molecule has 0 aliphatic heterocycles. The van der Waals surface area contributed by atoms with Crippen molar-refractivity contribution < 1.29 is 0 Å². The van der Waals surface area contributed by atoms with E-state index in [1.807, 2.05) is 0 Å². The van der Waals surface area contributed by atoms with Gasteiger partial charge < -0.3 is 10.3 Å². The molecule has 1 atom stereocenters. The third-order valence-corrected chi connectivity index (χ3v) is 3.14. The summed E-state index contributed by atoms with van der Waals surface area (Å²) in [6, 6.07) is 13.0. The van der Waals surface area contributed by atoms with Crippen LogP contribution in [0.25, 0.3) is 5.69 Å². The molecule has 0 aliphatic carbocycles. The average Bonchev–Trinajstić information content (AvgIpc) is 2.78. The number of rotatable bonds is 4. The molecule has 0 spiro atoms. The number of nitrogens with zero attached hydrogens (tertiary/aromatic N) is 1. The molecule has 2 heteroatoms. The Morgan fingerprint density at radius 2 is 1.88 bits per heavy atom. The Hall–Kier alpha value is -1.54. The lowest BCUT2D eigenvalue weighted by molar-refractivity contribution is 0.630. The normalized spacial score (nSPS) is 12.6. The standard InChI is InChI=1S/C15H20N2/c1-3-13(16)11-15-5-4-10-17(15)14-8-6-12(2)7-9-14/h4-10,13H,3,11,16H2,1-2H3. The summed E-state index contributed by atoms with van der Waals surface area (Å²) in [5.41, 5.74) is 9.79. The molecule has 1 unspecified atom stereocenters. The third-order valence-electron chi connectivity index (χ3n) is 3.14. The number of aryl methyl sites for hydroxylation is 1. The van der Waals surface area contributed by atoms with E-state index in [2.05, 4.69) is 61.0 Å². The van der Waals surface area contributed by atoms with E-state index in [1.54, 1.807) is 0 Å². The van der Waals surface area contributed by atoms with Gasteiger partial charge in [0.25, 0.3) is 0 Å². The zero-order chi connectivity index (χ0) is 12.3. The minimum absolute atomic E-state index is 0.245. The number of aromatic nitrogens is 1. The molecule has 1 heterocycles. The highest BCUT2D eigenvalue weighted by atomic mass is 15.0. The van der Waals surface area contributed by atoms with E-state index in [9.17, 15) is 0 Å². The van der Waals surface area contributed by atoms with Crippen LogP contribution in [0.3, 0.4) is 0 Å². The van der Waals surface area contributed by atoms with Gasteiger partial charge in [0.1, 0.15) is 0 Å². The maximum atomic E-state index is 6.02. The first kappa shape index (κ1) is 11.9. The molecule has 0 aliphatic rings. The van der Waals surface area contributed by atoms with Crippen LogP contribution in [0.15, 0.2) is 42.6 Å². The number of hydrogen-bond acceptors (Lipinski definition) is 1. The molecule has 0 saturated carbocycles. The van der Waals surface area contributed by atoms with Gasteiger partial charge in [-0.1, -0.05) is 24.6 Å². The van der Waals surface area contributed by atoms with Crippen LogP contribution in [-0.4, -0.2) is 10.6 Å². The number of benzene rings is 1. The minimum Gasteiger partial charge on any atom is -0.327 e. The van der Waals surface area contributed by atoms with Crippen molar-refractivity contribution in [2.45, 2.75) is 32.7 Å². The van der Waals surface area contributed by atoms with E-state index < -0.39 is 0 Å². The second-order valence-corrected chi connectivity index (χ2v) is 4.58. The summed E-state index contributed by atoms with van der Waals surface area (Å²) in [4.78, 5) is 0. The highest BCUT2D eigenvalue weighted by Gasteiger charge is 2.07. The molecule has 0 fully saturated rings. The van der Waals surface area contributed by atoms with E-state index >= 15 is 0 Å². The molecule has 2 aromatic rings. The molecule has 1 aromatic heterocycles. The first-order chi connectivity index (χ1) is 8.20. The summed E-state index contributed by atoms with van der Waals surface area (Å²) in [5.74, 6) is 0. The van der Waals surface area contributed by atoms with Crippen LogP contribution in [0.5, 0.6) is 0 Å². The second-order valence-electron chi connectivity index (χ2n) is 4.58. The topological polar surface area (TPSA) is 30.9 Å². The van der Waals surface area contributed by atoms with E-state index in [1.165, 1.54) is 16.9 Å². The summed E-state index contributed by atoms with van der Waals surface area (Å²) in [6.07, 6.45) is 4.04. The van der Waals surface area contributed by atoms with Crippen LogP contribution in [0, 0.1) is 6.92 Å². The largest absolute Gasteiger partial charge is 0.327 e. The zero-order valence-electron chi connectivity index (χ0n) is 10.6. The summed E-state index contributed by atoms with van der Waals surface area (Å²) >= 11 is 0. The maximum Gasteiger partial charge on any atom is 0.0452 e. The van der Waals surface area contributed by atoms with E-state index in [0.29, 0.717) is 0 Å². The van der Waals surface area contributed by atoms with Crippen LogP contribution in [0.2, 0.25) is 0 Å². The summed E-state index contributed by atoms with van der Waals surface area (Å²) in [5, 5.41) is 0. The Kier molecular flexibility index (Phi) is 3.64. The Labute approximate surface area is 103 Å². The molecule has 2 N–H and O–H groups in total. The van der Waals surface area contributed by atoms with E-state index in [4.69, 9.17) is 5.73 Å². The van der Waals surface area contributed by atoms with Gasteiger partial charge in [-0.05, 0) is 37.6 Å². The van der Waals surface area contributed by atoms with Gasteiger partial charge in [0, 0.05) is 30.0 Å². The lowest BCUT2D eigenvalue weighted by Crippen LogP contribution is -2.22. The minimum atomic E-state index is 0.245. The van der Waals surface area contributed by atoms with Crippen molar-refractivity contribution in [3.8, 4) is 5.69 Å². The lowest BCUT2D eigenvalue weighted by Gasteiger charge is -2.13. The SMILES string of the molecule is CCC(N)Cc1cccn1-c1ccc(C)cc1. The fourth-order valence-corrected chi connectivity index (χ4v) is 1.95. The highest BCUT2D eigenvalue weighted by molar-refractivity contribution is 5.37. The van der Waals surface area contributed by atoms with Crippen LogP contribution in [-0.2, 0) is 6.42 Å². The van der Waals surface area contributed by atoms with Gasteiger partial charge in [-0.25, -0.2) is 0 Å². The molecule has 0 bridgehead atoms. The zero-order valence-corrected chi connectivity index (χ0v) is 10.6. The van der Waals surface area contributed by atoms with Crippen molar-refractivity contribution in [2.24, 2.45) is 5.73 Å². The molecule has 17 heavy (non-hydrogen) atoms. The van der Waals surface area contributed by atoms with Gasteiger partial charge in [-0.2, -0.15) is 0 Å². The average molecular weight is 228 g/mol. The van der Waals surface area contributed by atoms with Gasteiger partial charge >= 0.3 is 0 Å². The third kappa shape index (κ3) is 2.77. The van der Waals surface area contributed by atoms with Crippen LogP contribution < -0.4 is 5.73 Å². The molecule has 0 radical (unpaired) electrons. The van der Waals surface area contributed by atoms with Crippen molar-refractivity contribution in [1.82, 2.24) is 4.57 Å². The van der Waals surface area contributed by atoms with Gasteiger partial charge in [-0.15, -0.1) is 0 Å². The number of nitrogens with two attached hydrogens (primary N) is 1. The quantitative estimate of drug-likeness (QED) is 0.856. The lowest BCUT2D eigenvalue weighted by atomic mass is 10.1. The summed E-state index contributed by atoms with van der Waals surface area (Å²) < 4.78 is 2.22. The Morgan fingerprint density at radius 3 is 2.53 bits per heavy atom. The van der Waals surface area contributed by atoms with Gasteiger partial charge in [0.2, 0.25) is 0 Å². The fourth-order valence-electron chi connectivity index (χ4n) is 1.95. The molecular formula is C15H20N2. The fraction of sp³-hybridized carbons (Fsp3) is 0.333. The molecule has 1 aromatic carbocycles. The Balaban J connectivity index is 2.27. The van der Waals surface area contributed by atoms with Crippen molar-refractivity contribution in [1.29, 1.82) is 0 Å². The van der Waals surface area contributed by atoms with Gasteiger partial charge in [0.05, 0.1) is 0 Å². The smallest absolute Gasteiger partial charge is 0.0452 e. The molecular weight excluding hydrogens is 208 g/mol. The van der Waals surface area contributed by atoms with Crippen LogP contribution >= 0.6 is 0 Å². The first-order valence-electron chi connectivity index (χ1n) is 6.19. The van der Waals surface area contributed by atoms with E-state index in [0.717, 1.165) is 12.8 Å². The monoisotopic (exact) mass is 228 g/mol. The van der Waals surface area contributed by atoms with Crippen molar-refractivity contribution in [2.75, 3.05) is 0 Å². The first-order valence-corrected chi connectivity index (χ1v) is 6.19.